The maximum atomic E-state index is 12.6. The van der Waals surface area contributed by atoms with Crippen LogP contribution < -0.4 is 15.5 Å². The second-order valence-electron chi connectivity index (χ2n) is 8.41. The molecular weight excluding hydrogens is 338 g/mol. The van der Waals surface area contributed by atoms with Gasteiger partial charge in [0.05, 0.1) is 29.9 Å². The van der Waals surface area contributed by atoms with Crippen molar-refractivity contribution in [2.45, 2.75) is 39.2 Å². The van der Waals surface area contributed by atoms with Crippen molar-refractivity contribution < 1.29 is 9.15 Å². The molecule has 5 rings (SSSR count). The quantitative estimate of drug-likeness (QED) is 0.621. The number of rotatable bonds is 0. The molecular formula is C23H23NO3. The van der Waals surface area contributed by atoms with E-state index in [1.54, 1.807) is 13.2 Å². The molecule has 0 fully saturated rings. The molecule has 0 unspecified atom stereocenters. The molecule has 0 spiro atoms. The van der Waals surface area contributed by atoms with Crippen molar-refractivity contribution in [1.82, 2.24) is 0 Å². The number of anilines is 1. The number of aryl methyl sites for hydroxylation is 2. The van der Waals surface area contributed by atoms with E-state index >= 15 is 0 Å². The maximum Gasteiger partial charge on any atom is 0.195 e. The van der Waals surface area contributed by atoms with Gasteiger partial charge in [-0.25, -0.2) is 0 Å². The standard InChI is InChI=1S/C23H23NO3/c1-12-5-7-17-15(9-12)23(3,4)16-11-26-18-8-6-14-21(25)13(2)10-27-22(14)19(18)20(16)24-17/h5-10,16,20,24H,11H2,1-4H3/t16-,20-/m0/s1. The summed E-state index contributed by atoms with van der Waals surface area (Å²) in [5.74, 6) is 1.03. The van der Waals surface area contributed by atoms with Gasteiger partial charge in [0.15, 0.2) is 5.43 Å². The third-order valence-corrected chi connectivity index (χ3v) is 6.35. The predicted molar refractivity (Wildman–Crippen MR) is 107 cm³/mol. The van der Waals surface area contributed by atoms with Gasteiger partial charge in [-0.2, -0.15) is 0 Å². The molecule has 2 atom stereocenters. The topological polar surface area (TPSA) is 51.5 Å². The normalized spacial score (nSPS) is 22.2. The number of ether oxygens (including phenoxy) is 1. The smallest absolute Gasteiger partial charge is 0.195 e. The minimum absolute atomic E-state index is 0.0206. The lowest BCUT2D eigenvalue weighted by molar-refractivity contribution is 0.136. The van der Waals surface area contributed by atoms with Crippen molar-refractivity contribution in [3.63, 3.8) is 0 Å². The summed E-state index contributed by atoms with van der Waals surface area (Å²) in [6, 6.07) is 10.3. The van der Waals surface area contributed by atoms with Gasteiger partial charge in [-0.3, -0.25) is 4.79 Å². The molecule has 0 saturated carbocycles. The second kappa shape index (κ2) is 5.38. The lowest BCUT2D eigenvalue weighted by atomic mass is 9.65. The monoisotopic (exact) mass is 361 g/mol. The molecule has 0 saturated heterocycles. The molecule has 3 aromatic rings. The van der Waals surface area contributed by atoms with Crippen LogP contribution in [0.25, 0.3) is 11.0 Å². The summed E-state index contributed by atoms with van der Waals surface area (Å²) in [4.78, 5) is 12.6. The lowest BCUT2D eigenvalue weighted by Crippen LogP contribution is -2.46. The number of nitrogens with one attached hydrogen (secondary N) is 1. The van der Waals surface area contributed by atoms with Gasteiger partial charge in [0, 0.05) is 22.6 Å². The van der Waals surface area contributed by atoms with E-state index in [0.717, 1.165) is 17.0 Å². The van der Waals surface area contributed by atoms with Gasteiger partial charge >= 0.3 is 0 Å². The van der Waals surface area contributed by atoms with Crippen molar-refractivity contribution in [2.75, 3.05) is 11.9 Å². The van der Waals surface area contributed by atoms with Crippen molar-refractivity contribution in [2.24, 2.45) is 5.92 Å². The highest BCUT2D eigenvalue weighted by molar-refractivity contribution is 5.84. The van der Waals surface area contributed by atoms with Crippen LogP contribution in [-0.4, -0.2) is 6.61 Å². The van der Waals surface area contributed by atoms with Crippen LogP contribution >= 0.6 is 0 Å². The Balaban J connectivity index is 1.77. The zero-order valence-electron chi connectivity index (χ0n) is 16.1. The van der Waals surface area contributed by atoms with E-state index in [9.17, 15) is 4.79 Å². The first-order valence-electron chi connectivity index (χ1n) is 9.43. The van der Waals surface area contributed by atoms with Crippen LogP contribution in [0, 0.1) is 19.8 Å². The van der Waals surface area contributed by atoms with Gasteiger partial charge in [-0.05, 0) is 37.6 Å². The maximum absolute atomic E-state index is 12.6. The Hall–Kier alpha value is -2.75. The second-order valence-corrected chi connectivity index (χ2v) is 8.41. The van der Waals surface area contributed by atoms with Gasteiger partial charge < -0.3 is 14.5 Å². The Bertz CT molecular complexity index is 1140. The predicted octanol–water partition coefficient (Wildman–Crippen LogP) is 4.86. The first-order chi connectivity index (χ1) is 12.9. The molecule has 1 aromatic heterocycles. The highest BCUT2D eigenvalue weighted by atomic mass is 16.5. The van der Waals surface area contributed by atoms with Gasteiger partial charge in [0.2, 0.25) is 0 Å². The average molecular weight is 361 g/mol. The highest BCUT2D eigenvalue weighted by Gasteiger charge is 2.47. The summed E-state index contributed by atoms with van der Waals surface area (Å²) >= 11 is 0. The van der Waals surface area contributed by atoms with E-state index < -0.39 is 0 Å². The van der Waals surface area contributed by atoms with E-state index in [2.05, 4.69) is 44.3 Å². The Morgan fingerprint density at radius 2 is 1.96 bits per heavy atom. The van der Waals surface area contributed by atoms with Crippen molar-refractivity contribution in [1.29, 1.82) is 0 Å². The van der Waals surface area contributed by atoms with E-state index in [4.69, 9.17) is 9.15 Å². The number of fused-ring (bicyclic) bond motifs is 6. The zero-order valence-corrected chi connectivity index (χ0v) is 16.1. The Morgan fingerprint density at radius 3 is 2.78 bits per heavy atom. The fourth-order valence-electron chi connectivity index (χ4n) is 4.68. The zero-order chi connectivity index (χ0) is 18.9. The van der Waals surface area contributed by atoms with Crippen LogP contribution in [-0.2, 0) is 5.41 Å². The molecule has 2 aromatic carbocycles. The number of hydrogen-bond acceptors (Lipinski definition) is 4. The molecule has 4 heteroatoms. The summed E-state index contributed by atoms with van der Waals surface area (Å²) in [5.41, 5.74) is 5.88. The summed E-state index contributed by atoms with van der Waals surface area (Å²) in [7, 11) is 0. The van der Waals surface area contributed by atoms with Crippen molar-refractivity contribution >= 4 is 16.7 Å². The Morgan fingerprint density at radius 1 is 1.15 bits per heavy atom. The van der Waals surface area contributed by atoms with Crippen molar-refractivity contribution in [3.05, 3.63) is 69.1 Å². The molecule has 27 heavy (non-hydrogen) atoms. The van der Waals surface area contributed by atoms with E-state index in [0.29, 0.717) is 23.1 Å². The number of hydrogen-bond donors (Lipinski definition) is 1. The fraction of sp³-hybridized carbons (Fsp3) is 0.348. The molecule has 2 aliphatic rings. The fourth-order valence-corrected chi connectivity index (χ4v) is 4.68. The molecule has 1 N–H and O–H groups in total. The molecule has 2 aliphatic heterocycles. The van der Waals surface area contributed by atoms with Crippen LogP contribution in [0.15, 0.2) is 45.8 Å². The number of benzene rings is 2. The minimum Gasteiger partial charge on any atom is -0.493 e. The third kappa shape index (κ3) is 2.19. The Kier molecular flexibility index (Phi) is 3.27. The van der Waals surface area contributed by atoms with Crippen LogP contribution in [0.2, 0.25) is 0 Å². The SMILES string of the molecule is Cc1ccc2c(c1)C(C)(C)[C@H]1COc3ccc4c(=O)c(C)coc4c3[C@H]1N2. The summed E-state index contributed by atoms with van der Waals surface area (Å²) in [5, 5.41) is 4.34. The van der Waals surface area contributed by atoms with Crippen LogP contribution in [0.1, 0.15) is 42.1 Å². The molecule has 3 heterocycles. The lowest BCUT2D eigenvalue weighted by Gasteiger charge is -2.48. The first-order valence-corrected chi connectivity index (χ1v) is 9.43. The molecule has 4 nitrogen and oxygen atoms in total. The van der Waals surface area contributed by atoms with Crippen molar-refractivity contribution in [3.8, 4) is 5.75 Å². The van der Waals surface area contributed by atoms with E-state index in [1.165, 1.54) is 11.1 Å². The molecule has 0 aliphatic carbocycles. The van der Waals surface area contributed by atoms with Crippen LogP contribution in [0.3, 0.4) is 0 Å². The van der Waals surface area contributed by atoms with Gasteiger partial charge in [-0.15, -0.1) is 0 Å². The summed E-state index contributed by atoms with van der Waals surface area (Å²) in [6.07, 6.45) is 1.56. The third-order valence-electron chi connectivity index (χ3n) is 6.35. The molecule has 0 amide bonds. The molecule has 0 bridgehead atoms. The molecule has 138 valence electrons. The minimum atomic E-state index is -0.0673. The van der Waals surface area contributed by atoms with E-state index in [1.807, 2.05) is 12.1 Å². The van der Waals surface area contributed by atoms with Crippen LogP contribution in [0.4, 0.5) is 5.69 Å². The first kappa shape index (κ1) is 16.4. The van der Waals surface area contributed by atoms with Gasteiger partial charge in [0.25, 0.3) is 0 Å². The van der Waals surface area contributed by atoms with Gasteiger partial charge in [-0.1, -0.05) is 31.5 Å². The van der Waals surface area contributed by atoms with Crippen LogP contribution in [0.5, 0.6) is 5.75 Å². The van der Waals surface area contributed by atoms with E-state index in [-0.39, 0.29) is 22.8 Å². The van der Waals surface area contributed by atoms with Gasteiger partial charge in [0.1, 0.15) is 11.3 Å². The Labute approximate surface area is 158 Å². The average Bonchev–Trinajstić information content (AvgIpc) is 2.65. The largest absolute Gasteiger partial charge is 0.493 e. The summed E-state index contributed by atoms with van der Waals surface area (Å²) < 4.78 is 12.1. The summed E-state index contributed by atoms with van der Waals surface area (Å²) in [6.45, 7) is 9.10. The highest BCUT2D eigenvalue weighted by Crippen LogP contribution is 2.53. The molecule has 0 radical (unpaired) electrons.